The van der Waals surface area contributed by atoms with E-state index >= 15 is 0 Å². The molecule has 2 rings (SSSR count). The van der Waals surface area contributed by atoms with Gasteiger partial charge in [0.05, 0.1) is 17.4 Å². The minimum Gasteiger partial charge on any atom is -0.481 e. The van der Waals surface area contributed by atoms with Crippen LogP contribution in [0.2, 0.25) is 0 Å². The molecule has 0 aromatic carbocycles. The normalized spacial score (nSPS) is 38.1. The Bertz CT molecular complexity index is 409. The van der Waals surface area contributed by atoms with Crippen LogP contribution in [0, 0.1) is 5.92 Å². The summed E-state index contributed by atoms with van der Waals surface area (Å²) in [6.45, 7) is 1.17. The fourth-order valence-corrected chi connectivity index (χ4v) is 4.66. The molecule has 2 saturated heterocycles. The van der Waals surface area contributed by atoms with Crippen LogP contribution in [0.3, 0.4) is 0 Å². The van der Waals surface area contributed by atoms with E-state index in [1.165, 1.54) is 0 Å². The molecular weight excluding hydrogens is 244 g/mol. The summed E-state index contributed by atoms with van der Waals surface area (Å²) in [5, 5.41) is 8.99. The van der Waals surface area contributed by atoms with Crippen LogP contribution in [0.1, 0.15) is 12.8 Å². The number of carboxylic acids is 1. The molecule has 0 radical (unpaired) electrons. The minimum atomic E-state index is -3.05. The minimum absolute atomic E-state index is 0.0197. The standard InChI is InChI=1S/C10H18N2O4S/c11-8-5-17(15,16)6-9(8)12-3-1-2-7(4-12)10(13)14/h7-9H,1-6,11H2,(H,13,14). The summed E-state index contributed by atoms with van der Waals surface area (Å²) in [4.78, 5) is 12.9. The molecule has 0 bridgehead atoms. The monoisotopic (exact) mass is 262 g/mol. The second-order valence-corrected chi connectivity index (χ2v) is 7.13. The van der Waals surface area contributed by atoms with Gasteiger partial charge >= 0.3 is 5.97 Å². The molecular formula is C10H18N2O4S. The average Bonchev–Trinajstić information content (AvgIpc) is 2.52. The third-order valence-electron chi connectivity index (χ3n) is 3.64. The zero-order chi connectivity index (χ0) is 12.6. The first-order valence-corrected chi connectivity index (χ1v) is 7.64. The van der Waals surface area contributed by atoms with E-state index < -0.39 is 15.8 Å². The van der Waals surface area contributed by atoms with Crippen molar-refractivity contribution in [1.29, 1.82) is 0 Å². The van der Waals surface area contributed by atoms with Gasteiger partial charge in [-0.3, -0.25) is 9.69 Å². The van der Waals surface area contributed by atoms with Gasteiger partial charge in [-0.25, -0.2) is 8.42 Å². The predicted octanol–water partition coefficient (Wildman–Crippen LogP) is -1.09. The number of hydrogen-bond donors (Lipinski definition) is 2. The van der Waals surface area contributed by atoms with E-state index in [2.05, 4.69) is 0 Å². The molecule has 2 aliphatic rings. The van der Waals surface area contributed by atoms with Gasteiger partial charge in [-0.05, 0) is 19.4 Å². The summed E-state index contributed by atoms with van der Waals surface area (Å²) in [5.41, 5.74) is 5.84. The molecule has 0 saturated carbocycles. The fraction of sp³-hybridized carbons (Fsp3) is 0.900. The summed E-state index contributed by atoms with van der Waals surface area (Å²) in [6.07, 6.45) is 1.46. The van der Waals surface area contributed by atoms with Gasteiger partial charge in [0.15, 0.2) is 9.84 Å². The second-order valence-electron chi connectivity index (χ2n) is 4.98. The molecule has 17 heavy (non-hydrogen) atoms. The van der Waals surface area contributed by atoms with E-state index in [1.54, 1.807) is 0 Å². The van der Waals surface area contributed by atoms with Crippen molar-refractivity contribution in [3.05, 3.63) is 0 Å². The van der Waals surface area contributed by atoms with Crippen molar-refractivity contribution < 1.29 is 18.3 Å². The zero-order valence-electron chi connectivity index (χ0n) is 9.58. The number of nitrogens with two attached hydrogens (primary N) is 1. The first-order valence-electron chi connectivity index (χ1n) is 5.82. The van der Waals surface area contributed by atoms with Crippen molar-refractivity contribution in [2.75, 3.05) is 24.6 Å². The number of carbonyl (C=O) groups is 1. The molecule has 0 amide bonds. The van der Waals surface area contributed by atoms with E-state index in [-0.39, 0.29) is 29.5 Å². The van der Waals surface area contributed by atoms with Gasteiger partial charge in [0, 0.05) is 18.6 Å². The largest absolute Gasteiger partial charge is 0.481 e. The van der Waals surface area contributed by atoms with Crippen LogP contribution in [-0.2, 0) is 14.6 Å². The van der Waals surface area contributed by atoms with Gasteiger partial charge in [0.25, 0.3) is 0 Å². The summed E-state index contributed by atoms with van der Waals surface area (Å²) in [6, 6.07) is -0.588. The third-order valence-corrected chi connectivity index (χ3v) is 5.38. The lowest BCUT2D eigenvalue weighted by Gasteiger charge is -2.36. The number of hydrogen-bond acceptors (Lipinski definition) is 5. The molecule has 7 heteroatoms. The molecule has 0 aliphatic carbocycles. The highest BCUT2D eigenvalue weighted by molar-refractivity contribution is 7.91. The lowest BCUT2D eigenvalue weighted by atomic mass is 9.96. The Hall–Kier alpha value is -0.660. The molecule has 98 valence electrons. The van der Waals surface area contributed by atoms with Crippen molar-refractivity contribution in [3.63, 3.8) is 0 Å². The van der Waals surface area contributed by atoms with Crippen LogP contribution in [0.5, 0.6) is 0 Å². The van der Waals surface area contributed by atoms with Crippen molar-refractivity contribution >= 4 is 15.8 Å². The van der Waals surface area contributed by atoms with Gasteiger partial charge in [-0.2, -0.15) is 0 Å². The van der Waals surface area contributed by atoms with Gasteiger partial charge in [-0.1, -0.05) is 0 Å². The number of nitrogens with zero attached hydrogens (tertiary/aromatic N) is 1. The Morgan fingerprint density at radius 3 is 2.59 bits per heavy atom. The van der Waals surface area contributed by atoms with Crippen molar-refractivity contribution in [2.45, 2.75) is 24.9 Å². The Morgan fingerprint density at radius 2 is 2.06 bits per heavy atom. The molecule has 0 aromatic heterocycles. The predicted molar refractivity (Wildman–Crippen MR) is 62.4 cm³/mol. The van der Waals surface area contributed by atoms with Crippen molar-refractivity contribution in [1.82, 2.24) is 4.90 Å². The van der Waals surface area contributed by atoms with Crippen LogP contribution < -0.4 is 5.73 Å². The number of carboxylic acid groups (broad SMARTS) is 1. The van der Waals surface area contributed by atoms with Crippen molar-refractivity contribution in [3.8, 4) is 0 Å². The Balaban J connectivity index is 2.05. The lowest BCUT2D eigenvalue weighted by Crippen LogP contribution is -2.51. The van der Waals surface area contributed by atoms with E-state index in [0.29, 0.717) is 13.0 Å². The highest BCUT2D eigenvalue weighted by atomic mass is 32.2. The van der Waals surface area contributed by atoms with Crippen molar-refractivity contribution in [2.24, 2.45) is 11.7 Å². The first-order chi connectivity index (χ1) is 7.89. The second kappa shape index (κ2) is 4.55. The summed E-state index contributed by atoms with van der Waals surface area (Å²) >= 11 is 0. The molecule has 0 spiro atoms. The number of aliphatic carboxylic acids is 1. The molecule has 3 N–H and O–H groups in total. The topological polar surface area (TPSA) is 101 Å². The molecule has 0 aromatic rings. The summed E-state index contributed by atoms with van der Waals surface area (Å²) < 4.78 is 23.0. The average molecular weight is 262 g/mol. The van der Waals surface area contributed by atoms with Crippen LogP contribution >= 0.6 is 0 Å². The quantitative estimate of drug-likeness (QED) is 0.655. The van der Waals surface area contributed by atoms with E-state index in [4.69, 9.17) is 10.8 Å². The molecule has 2 aliphatic heterocycles. The maximum absolute atomic E-state index is 11.5. The Morgan fingerprint density at radius 1 is 1.35 bits per heavy atom. The molecule has 2 heterocycles. The molecule has 3 atom stereocenters. The highest BCUT2D eigenvalue weighted by Crippen LogP contribution is 2.24. The molecule has 2 fully saturated rings. The van der Waals surface area contributed by atoms with Gasteiger partial charge in [0.2, 0.25) is 0 Å². The maximum Gasteiger partial charge on any atom is 0.307 e. The number of piperidine rings is 1. The number of sulfone groups is 1. The number of rotatable bonds is 2. The highest BCUT2D eigenvalue weighted by Gasteiger charge is 2.41. The Kier molecular flexibility index (Phi) is 3.42. The summed E-state index contributed by atoms with van der Waals surface area (Å²) in [7, 11) is -3.05. The van der Waals surface area contributed by atoms with Gasteiger partial charge in [0.1, 0.15) is 0 Å². The van der Waals surface area contributed by atoms with Gasteiger partial charge < -0.3 is 10.8 Å². The lowest BCUT2D eigenvalue weighted by molar-refractivity contribution is -0.143. The SMILES string of the molecule is NC1CS(=O)(=O)CC1N1CCCC(C(=O)O)C1. The van der Waals surface area contributed by atoms with Crippen LogP contribution in [0.15, 0.2) is 0 Å². The zero-order valence-corrected chi connectivity index (χ0v) is 10.4. The Labute approximate surface area is 101 Å². The van der Waals surface area contributed by atoms with E-state index in [0.717, 1.165) is 13.0 Å². The third kappa shape index (κ3) is 2.78. The smallest absolute Gasteiger partial charge is 0.307 e. The number of likely N-dealkylation sites (tertiary alicyclic amines) is 1. The molecule has 3 unspecified atom stereocenters. The first kappa shape index (κ1) is 12.8. The van der Waals surface area contributed by atoms with Crippen LogP contribution in [-0.4, -0.2) is 61.1 Å². The summed E-state index contributed by atoms with van der Waals surface area (Å²) in [5.74, 6) is -1.10. The fourth-order valence-electron chi connectivity index (χ4n) is 2.74. The van der Waals surface area contributed by atoms with E-state index in [9.17, 15) is 13.2 Å². The maximum atomic E-state index is 11.5. The van der Waals surface area contributed by atoms with Gasteiger partial charge in [-0.15, -0.1) is 0 Å². The van der Waals surface area contributed by atoms with E-state index in [1.807, 2.05) is 4.90 Å². The van der Waals surface area contributed by atoms with Crippen LogP contribution in [0.4, 0.5) is 0 Å². The van der Waals surface area contributed by atoms with Crippen LogP contribution in [0.25, 0.3) is 0 Å². The molecule has 6 nitrogen and oxygen atoms in total.